The van der Waals surface area contributed by atoms with E-state index in [2.05, 4.69) is 20.6 Å². The van der Waals surface area contributed by atoms with Gasteiger partial charge in [-0.05, 0) is 42.0 Å². The van der Waals surface area contributed by atoms with Gasteiger partial charge in [-0.2, -0.15) is 0 Å². The lowest BCUT2D eigenvalue weighted by atomic mass is 9.95. The Balaban J connectivity index is 1.47. The van der Waals surface area contributed by atoms with Crippen LogP contribution in [0.25, 0.3) is 11.3 Å². The Labute approximate surface area is 200 Å². The van der Waals surface area contributed by atoms with Crippen molar-refractivity contribution >= 4 is 23.1 Å². The summed E-state index contributed by atoms with van der Waals surface area (Å²) in [6.45, 7) is 6.13. The third-order valence-electron chi connectivity index (χ3n) is 5.16. The van der Waals surface area contributed by atoms with Gasteiger partial charge in [-0.25, -0.2) is 9.97 Å². The lowest BCUT2D eigenvalue weighted by molar-refractivity contribution is -0.123. The van der Waals surface area contributed by atoms with E-state index in [9.17, 15) is 4.79 Å². The number of para-hydroxylation sites is 1. The van der Waals surface area contributed by atoms with Gasteiger partial charge in [0.05, 0.1) is 5.69 Å². The fourth-order valence-corrected chi connectivity index (χ4v) is 3.22. The summed E-state index contributed by atoms with van der Waals surface area (Å²) in [5.74, 6) is 1.39. The van der Waals surface area contributed by atoms with E-state index in [1.165, 1.54) is 6.33 Å². The summed E-state index contributed by atoms with van der Waals surface area (Å²) in [6.07, 6.45) is 1.53. The molecule has 0 spiro atoms. The number of nitrogens with one attached hydrogen (secondary N) is 2. The SMILES string of the molecule is CC(C)(C)C(=O)Nc1ccc(Nc2cc(-c3ccccc3OCc3ccccc3)ncn2)cc1. The molecule has 0 fully saturated rings. The van der Waals surface area contributed by atoms with Crippen molar-refractivity contribution in [2.75, 3.05) is 10.6 Å². The largest absolute Gasteiger partial charge is 0.488 e. The molecule has 172 valence electrons. The number of hydrogen-bond donors (Lipinski definition) is 2. The van der Waals surface area contributed by atoms with Crippen LogP contribution in [0, 0.1) is 5.41 Å². The number of aromatic nitrogens is 2. The predicted octanol–water partition coefficient (Wildman–Crippen LogP) is 6.45. The summed E-state index contributed by atoms with van der Waals surface area (Å²) in [6, 6.07) is 27.3. The second kappa shape index (κ2) is 10.2. The van der Waals surface area contributed by atoms with E-state index >= 15 is 0 Å². The average Bonchev–Trinajstić information content (AvgIpc) is 2.84. The highest BCUT2D eigenvalue weighted by molar-refractivity contribution is 5.94. The number of amides is 1. The minimum atomic E-state index is -0.449. The van der Waals surface area contributed by atoms with Crippen LogP contribution in [0.15, 0.2) is 91.3 Å². The standard InChI is InChI=1S/C28H28N4O2/c1-28(2,3)27(33)32-22-15-13-21(14-16-22)31-26-17-24(29-19-30-26)23-11-7-8-12-25(23)34-18-20-9-5-4-6-10-20/h4-17,19H,18H2,1-3H3,(H,32,33)(H,29,30,31). The van der Waals surface area contributed by atoms with Gasteiger partial charge in [0.15, 0.2) is 0 Å². The normalized spacial score (nSPS) is 11.0. The number of rotatable bonds is 7. The van der Waals surface area contributed by atoms with E-state index in [4.69, 9.17) is 4.74 Å². The van der Waals surface area contributed by atoms with Crippen molar-refractivity contribution in [3.8, 4) is 17.0 Å². The van der Waals surface area contributed by atoms with Crippen LogP contribution in [-0.2, 0) is 11.4 Å². The first kappa shape index (κ1) is 23.0. The zero-order chi connectivity index (χ0) is 24.0. The first-order valence-corrected chi connectivity index (χ1v) is 11.2. The third-order valence-corrected chi connectivity index (χ3v) is 5.16. The second-order valence-electron chi connectivity index (χ2n) is 8.97. The van der Waals surface area contributed by atoms with Gasteiger partial charge in [0, 0.05) is 28.4 Å². The van der Waals surface area contributed by atoms with E-state index in [0.29, 0.717) is 12.4 Å². The van der Waals surface area contributed by atoms with Crippen molar-refractivity contribution in [1.82, 2.24) is 9.97 Å². The maximum absolute atomic E-state index is 12.2. The van der Waals surface area contributed by atoms with Crippen molar-refractivity contribution in [2.45, 2.75) is 27.4 Å². The van der Waals surface area contributed by atoms with Crippen LogP contribution in [0.4, 0.5) is 17.2 Å². The number of nitrogens with zero attached hydrogens (tertiary/aromatic N) is 2. The van der Waals surface area contributed by atoms with E-state index in [-0.39, 0.29) is 5.91 Å². The van der Waals surface area contributed by atoms with Crippen molar-refractivity contribution in [3.63, 3.8) is 0 Å². The van der Waals surface area contributed by atoms with Gasteiger partial charge in [0.1, 0.15) is 24.5 Å². The summed E-state index contributed by atoms with van der Waals surface area (Å²) < 4.78 is 6.09. The zero-order valence-corrected chi connectivity index (χ0v) is 19.6. The minimum Gasteiger partial charge on any atom is -0.488 e. The Morgan fingerprint density at radius 3 is 2.26 bits per heavy atom. The van der Waals surface area contributed by atoms with E-state index in [1.54, 1.807) is 0 Å². The van der Waals surface area contributed by atoms with Gasteiger partial charge in [-0.15, -0.1) is 0 Å². The quantitative estimate of drug-likeness (QED) is 0.337. The Kier molecular flexibility index (Phi) is 6.87. The number of carbonyl (C=O) groups is 1. The molecule has 34 heavy (non-hydrogen) atoms. The number of anilines is 3. The van der Waals surface area contributed by atoms with Crippen molar-refractivity contribution in [2.24, 2.45) is 5.41 Å². The first-order valence-electron chi connectivity index (χ1n) is 11.2. The van der Waals surface area contributed by atoms with Crippen molar-refractivity contribution in [3.05, 3.63) is 96.8 Å². The molecule has 4 aromatic rings. The predicted molar refractivity (Wildman–Crippen MR) is 136 cm³/mol. The Hall–Kier alpha value is -4.19. The molecule has 0 aliphatic rings. The molecule has 0 aliphatic heterocycles. The Morgan fingerprint density at radius 2 is 1.53 bits per heavy atom. The van der Waals surface area contributed by atoms with Crippen LogP contribution >= 0.6 is 0 Å². The third kappa shape index (κ3) is 5.98. The van der Waals surface area contributed by atoms with Gasteiger partial charge in [-0.3, -0.25) is 4.79 Å². The van der Waals surface area contributed by atoms with Gasteiger partial charge in [0.25, 0.3) is 0 Å². The van der Waals surface area contributed by atoms with Crippen LogP contribution in [0.3, 0.4) is 0 Å². The van der Waals surface area contributed by atoms with Gasteiger partial charge in [0.2, 0.25) is 5.91 Å². The molecule has 6 nitrogen and oxygen atoms in total. The zero-order valence-electron chi connectivity index (χ0n) is 19.6. The van der Waals surface area contributed by atoms with E-state index in [0.717, 1.165) is 33.9 Å². The van der Waals surface area contributed by atoms with Crippen molar-refractivity contribution in [1.29, 1.82) is 0 Å². The number of ether oxygens (including phenoxy) is 1. The molecule has 6 heteroatoms. The lowest BCUT2D eigenvalue weighted by Gasteiger charge is -2.17. The molecular formula is C28H28N4O2. The van der Waals surface area contributed by atoms with Gasteiger partial charge < -0.3 is 15.4 Å². The highest BCUT2D eigenvalue weighted by Crippen LogP contribution is 2.30. The lowest BCUT2D eigenvalue weighted by Crippen LogP contribution is -2.27. The molecule has 1 heterocycles. The smallest absolute Gasteiger partial charge is 0.229 e. The Bertz CT molecular complexity index is 1250. The summed E-state index contributed by atoms with van der Waals surface area (Å²) in [5.41, 5.74) is 3.91. The molecule has 0 saturated heterocycles. The monoisotopic (exact) mass is 452 g/mol. The summed E-state index contributed by atoms with van der Waals surface area (Å²) in [7, 11) is 0. The van der Waals surface area contributed by atoms with Crippen molar-refractivity contribution < 1.29 is 9.53 Å². The molecule has 0 saturated carbocycles. The molecule has 0 aliphatic carbocycles. The Morgan fingerprint density at radius 1 is 0.853 bits per heavy atom. The highest BCUT2D eigenvalue weighted by Gasteiger charge is 2.21. The molecular weight excluding hydrogens is 424 g/mol. The number of carbonyl (C=O) groups excluding carboxylic acids is 1. The van der Waals surface area contributed by atoms with Crippen LogP contribution < -0.4 is 15.4 Å². The summed E-state index contributed by atoms with van der Waals surface area (Å²) in [5, 5.41) is 6.22. The molecule has 4 rings (SSSR count). The van der Waals surface area contributed by atoms with E-state index < -0.39 is 5.41 Å². The van der Waals surface area contributed by atoms with E-state index in [1.807, 2.05) is 106 Å². The number of benzene rings is 3. The van der Waals surface area contributed by atoms with Crippen LogP contribution in [0.2, 0.25) is 0 Å². The fourth-order valence-electron chi connectivity index (χ4n) is 3.22. The molecule has 0 bridgehead atoms. The maximum atomic E-state index is 12.2. The minimum absolute atomic E-state index is 0.0261. The fraction of sp³-hybridized carbons (Fsp3) is 0.179. The molecule has 3 aromatic carbocycles. The molecule has 0 radical (unpaired) electrons. The molecule has 1 aromatic heterocycles. The first-order chi connectivity index (χ1) is 16.4. The summed E-state index contributed by atoms with van der Waals surface area (Å²) in [4.78, 5) is 21.0. The van der Waals surface area contributed by atoms with Crippen LogP contribution in [0.1, 0.15) is 26.3 Å². The van der Waals surface area contributed by atoms with Gasteiger partial charge in [-0.1, -0.05) is 63.2 Å². The van der Waals surface area contributed by atoms with Gasteiger partial charge >= 0.3 is 0 Å². The average molecular weight is 453 g/mol. The highest BCUT2D eigenvalue weighted by atomic mass is 16.5. The molecule has 2 N–H and O–H groups in total. The molecule has 0 atom stereocenters. The molecule has 1 amide bonds. The second-order valence-corrected chi connectivity index (χ2v) is 8.97. The molecule has 0 unspecified atom stereocenters. The summed E-state index contributed by atoms with van der Waals surface area (Å²) >= 11 is 0. The number of hydrogen-bond acceptors (Lipinski definition) is 5. The van der Waals surface area contributed by atoms with Crippen LogP contribution in [-0.4, -0.2) is 15.9 Å². The maximum Gasteiger partial charge on any atom is 0.229 e. The topological polar surface area (TPSA) is 76.1 Å². The van der Waals surface area contributed by atoms with Crippen LogP contribution in [0.5, 0.6) is 5.75 Å².